The second kappa shape index (κ2) is 9.79. The van der Waals surface area contributed by atoms with Crippen molar-refractivity contribution in [2.24, 2.45) is 0 Å². The van der Waals surface area contributed by atoms with Crippen LogP contribution in [0.2, 0.25) is 0 Å². The molecule has 0 atom stereocenters. The van der Waals surface area contributed by atoms with E-state index in [2.05, 4.69) is 138 Å². The van der Waals surface area contributed by atoms with Gasteiger partial charge in [-0.2, -0.15) is 0 Å². The number of aromatic nitrogens is 4. The zero-order chi connectivity index (χ0) is 29.0. The first-order chi connectivity index (χ1) is 21.8. The van der Waals surface area contributed by atoms with Gasteiger partial charge in [0.25, 0.3) is 0 Å². The van der Waals surface area contributed by atoms with E-state index in [-0.39, 0.29) is 0 Å². The highest BCUT2D eigenvalue weighted by Crippen LogP contribution is 2.34. The van der Waals surface area contributed by atoms with Crippen molar-refractivity contribution in [3.05, 3.63) is 146 Å². The van der Waals surface area contributed by atoms with Gasteiger partial charge in [-0.15, -0.1) is 0 Å². The summed E-state index contributed by atoms with van der Waals surface area (Å²) < 4.78 is 0. The second-order valence-corrected chi connectivity index (χ2v) is 11.2. The molecule has 4 heteroatoms. The summed E-state index contributed by atoms with van der Waals surface area (Å²) in [6.07, 6.45) is 1.86. The Morgan fingerprint density at radius 1 is 0.318 bits per heavy atom. The Kier molecular flexibility index (Phi) is 5.47. The van der Waals surface area contributed by atoms with Crippen LogP contribution in [0.4, 0.5) is 0 Å². The maximum atomic E-state index is 5.05. The molecule has 44 heavy (non-hydrogen) atoms. The van der Waals surface area contributed by atoms with Crippen LogP contribution in [-0.2, 0) is 0 Å². The number of hydrogen-bond acceptors (Lipinski definition) is 4. The largest absolute Gasteiger partial charge is 0.256 e. The highest BCUT2D eigenvalue weighted by atomic mass is 15.0. The predicted molar refractivity (Wildman–Crippen MR) is 181 cm³/mol. The van der Waals surface area contributed by atoms with E-state index in [0.717, 1.165) is 49.1 Å². The Morgan fingerprint density at radius 3 is 1.41 bits per heavy atom. The van der Waals surface area contributed by atoms with Crippen LogP contribution in [0.5, 0.6) is 0 Å². The number of nitrogens with zero attached hydrogens (tertiary/aromatic N) is 4. The highest BCUT2D eigenvalue weighted by molar-refractivity contribution is 6.16. The lowest BCUT2D eigenvalue weighted by atomic mass is 9.98. The van der Waals surface area contributed by atoms with Crippen LogP contribution in [0.15, 0.2) is 146 Å². The van der Waals surface area contributed by atoms with Crippen LogP contribution < -0.4 is 0 Å². The van der Waals surface area contributed by atoms with Gasteiger partial charge in [-0.25, -0.2) is 15.0 Å². The maximum Gasteiger partial charge on any atom is 0.164 e. The summed E-state index contributed by atoms with van der Waals surface area (Å²) in [5, 5.41) is 10.5. The van der Waals surface area contributed by atoms with Crippen molar-refractivity contribution in [1.29, 1.82) is 0 Å². The van der Waals surface area contributed by atoms with E-state index in [4.69, 9.17) is 15.0 Å². The van der Waals surface area contributed by atoms with Gasteiger partial charge in [0, 0.05) is 33.7 Å². The summed E-state index contributed by atoms with van der Waals surface area (Å²) in [6.45, 7) is 0. The van der Waals surface area contributed by atoms with Crippen molar-refractivity contribution in [2.75, 3.05) is 0 Å². The van der Waals surface area contributed by atoms with E-state index in [1.165, 1.54) is 21.5 Å². The second-order valence-electron chi connectivity index (χ2n) is 11.2. The van der Waals surface area contributed by atoms with Crippen LogP contribution >= 0.6 is 0 Å². The van der Waals surface area contributed by atoms with Gasteiger partial charge in [-0.05, 0) is 62.0 Å². The predicted octanol–water partition coefficient (Wildman–Crippen LogP) is 10.0. The summed E-state index contributed by atoms with van der Waals surface area (Å²) in [6, 6.07) is 48.7. The average Bonchev–Trinajstić information content (AvgIpc) is 3.10. The third-order valence-corrected chi connectivity index (χ3v) is 8.49. The van der Waals surface area contributed by atoms with Gasteiger partial charge in [-0.1, -0.05) is 115 Å². The van der Waals surface area contributed by atoms with Crippen molar-refractivity contribution in [3.63, 3.8) is 0 Å². The van der Waals surface area contributed by atoms with Crippen molar-refractivity contribution in [2.45, 2.75) is 0 Å². The minimum Gasteiger partial charge on any atom is -0.256 e. The minimum atomic E-state index is 0.647. The van der Waals surface area contributed by atoms with Crippen molar-refractivity contribution in [3.8, 4) is 34.2 Å². The fourth-order valence-corrected chi connectivity index (χ4v) is 6.25. The molecule has 0 saturated carbocycles. The van der Waals surface area contributed by atoms with Crippen molar-refractivity contribution >= 4 is 54.0 Å². The molecule has 0 saturated heterocycles. The highest BCUT2D eigenvalue weighted by Gasteiger charge is 2.14. The lowest BCUT2D eigenvalue weighted by molar-refractivity contribution is 1.08. The molecule has 0 aliphatic carbocycles. The van der Waals surface area contributed by atoms with Crippen molar-refractivity contribution < 1.29 is 0 Å². The zero-order valence-corrected chi connectivity index (χ0v) is 23.6. The molecule has 4 nitrogen and oxygen atoms in total. The number of fused-ring (bicyclic) bond motifs is 7. The van der Waals surface area contributed by atoms with Gasteiger partial charge in [0.05, 0.1) is 5.52 Å². The van der Waals surface area contributed by atoms with Crippen molar-refractivity contribution in [1.82, 2.24) is 19.9 Å². The first-order valence-electron chi connectivity index (χ1n) is 14.7. The van der Waals surface area contributed by atoms with Crippen LogP contribution in [0.1, 0.15) is 0 Å². The van der Waals surface area contributed by atoms with E-state index in [0.29, 0.717) is 17.5 Å². The van der Waals surface area contributed by atoms with Gasteiger partial charge in [0.15, 0.2) is 17.5 Å². The number of pyridine rings is 1. The van der Waals surface area contributed by atoms with Gasteiger partial charge in [0.2, 0.25) is 0 Å². The molecule has 204 valence electrons. The van der Waals surface area contributed by atoms with E-state index in [1.54, 1.807) is 0 Å². The fourth-order valence-electron chi connectivity index (χ4n) is 6.25. The summed E-state index contributed by atoms with van der Waals surface area (Å²) in [7, 11) is 0. The first-order valence-corrected chi connectivity index (χ1v) is 14.7. The average molecular weight is 561 g/mol. The van der Waals surface area contributed by atoms with E-state index >= 15 is 0 Å². The molecule has 2 heterocycles. The summed E-state index contributed by atoms with van der Waals surface area (Å²) in [4.78, 5) is 19.8. The topological polar surface area (TPSA) is 51.6 Å². The molecule has 0 unspecified atom stereocenters. The molecule has 0 spiro atoms. The molecule has 0 bridgehead atoms. The zero-order valence-electron chi connectivity index (χ0n) is 23.6. The van der Waals surface area contributed by atoms with Crippen LogP contribution in [0, 0.1) is 0 Å². The molecule has 0 amide bonds. The van der Waals surface area contributed by atoms with E-state index in [9.17, 15) is 0 Å². The van der Waals surface area contributed by atoms with Gasteiger partial charge in [-0.3, -0.25) is 4.98 Å². The SMILES string of the molecule is c1ccc2cc(-c3nc(-c4ccc5ccccc5c4)nc(-c4ccc5c(ccc6c5ccc5cccnc56)c4)n3)ccc2c1. The standard InChI is InChI=1S/C40H24N4/c1-3-8-28-22-31(13-11-25(28)6-1)38-42-39(32-14-12-26-7-2-4-9-29(26)23-32)44-40(43-38)33-17-18-34-30(24-33)16-20-36-35(34)19-15-27-10-5-21-41-37(27)36/h1-24H. The van der Waals surface area contributed by atoms with Crippen LogP contribution in [-0.4, -0.2) is 19.9 Å². The Balaban J connectivity index is 1.24. The van der Waals surface area contributed by atoms with E-state index < -0.39 is 0 Å². The fraction of sp³-hybridized carbons (Fsp3) is 0. The first kappa shape index (κ1) is 24.6. The normalized spacial score (nSPS) is 11.6. The number of hydrogen-bond donors (Lipinski definition) is 0. The molecule has 0 radical (unpaired) electrons. The molecule has 7 aromatic carbocycles. The summed E-state index contributed by atoms with van der Waals surface area (Å²) in [5.74, 6) is 1.95. The van der Waals surface area contributed by atoms with E-state index in [1.807, 2.05) is 12.3 Å². The molecule has 9 rings (SSSR count). The molecule has 0 aliphatic heterocycles. The molecule has 0 N–H and O–H groups in total. The monoisotopic (exact) mass is 560 g/mol. The third kappa shape index (κ3) is 4.08. The lowest BCUT2D eigenvalue weighted by Gasteiger charge is -2.11. The Hall–Kier alpha value is -6.00. The lowest BCUT2D eigenvalue weighted by Crippen LogP contribution is -2.00. The Labute approximate surface area is 253 Å². The summed E-state index contributed by atoms with van der Waals surface area (Å²) >= 11 is 0. The van der Waals surface area contributed by atoms with Gasteiger partial charge in [0.1, 0.15) is 0 Å². The molecular formula is C40H24N4. The smallest absolute Gasteiger partial charge is 0.164 e. The molecule has 9 aromatic rings. The quantitative estimate of drug-likeness (QED) is 0.202. The van der Waals surface area contributed by atoms with Gasteiger partial charge < -0.3 is 0 Å². The molecule has 0 aliphatic rings. The Bertz CT molecular complexity index is 2470. The van der Waals surface area contributed by atoms with Crippen LogP contribution in [0.3, 0.4) is 0 Å². The Morgan fingerprint density at radius 2 is 0.773 bits per heavy atom. The van der Waals surface area contributed by atoms with Crippen LogP contribution in [0.25, 0.3) is 88.2 Å². The minimum absolute atomic E-state index is 0.647. The van der Waals surface area contributed by atoms with Gasteiger partial charge >= 0.3 is 0 Å². The third-order valence-electron chi connectivity index (χ3n) is 8.49. The molecule has 2 aromatic heterocycles. The number of benzene rings is 7. The summed E-state index contributed by atoms with van der Waals surface area (Å²) in [5.41, 5.74) is 3.89. The molecule has 0 fully saturated rings. The number of rotatable bonds is 3. The molecular weight excluding hydrogens is 536 g/mol. The maximum absolute atomic E-state index is 5.05.